The Morgan fingerprint density at radius 1 is 1.42 bits per heavy atom. The van der Waals surface area contributed by atoms with Gasteiger partial charge >= 0.3 is 5.97 Å². The van der Waals surface area contributed by atoms with Gasteiger partial charge in [0, 0.05) is 12.7 Å². The molecule has 1 atom stereocenters. The zero-order valence-corrected chi connectivity index (χ0v) is 11.7. The molecule has 1 aromatic carbocycles. The number of fused-ring (bicyclic) bond motifs is 1. The number of nitrogens with zero attached hydrogens (tertiary/aromatic N) is 1. The fraction of sp³-hybridized carbons (Fsp3) is 0.467. The van der Waals surface area contributed by atoms with E-state index in [4.69, 9.17) is 5.11 Å². The van der Waals surface area contributed by atoms with Crippen LogP contribution < -0.4 is 4.90 Å². The first kappa shape index (κ1) is 13.6. The Kier molecular flexibility index (Phi) is 3.12. The van der Waals surface area contributed by atoms with Gasteiger partial charge in [-0.05, 0) is 44.4 Å². The van der Waals surface area contributed by atoms with Gasteiger partial charge in [0.05, 0.1) is 11.3 Å². The second kappa shape index (κ2) is 4.37. The van der Waals surface area contributed by atoms with Crippen molar-refractivity contribution in [1.29, 1.82) is 0 Å². The van der Waals surface area contributed by atoms with Crippen molar-refractivity contribution in [2.75, 3.05) is 11.9 Å². The molecule has 19 heavy (non-hydrogen) atoms. The lowest BCUT2D eigenvalue weighted by Crippen LogP contribution is -2.26. The van der Waals surface area contributed by atoms with Crippen LogP contribution in [0.5, 0.6) is 0 Å². The molecule has 0 bridgehead atoms. The molecule has 2 rings (SSSR count). The molecular formula is C15H19NO3. The van der Waals surface area contributed by atoms with Crippen LogP contribution in [0.15, 0.2) is 18.2 Å². The SMILES string of the molecule is CC1C(=O)N(C)c2ccc(CC(C)(C)C(=O)O)cc21. The van der Waals surface area contributed by atoms with E-state index in [0.717, 1.165) is 16.8 Å². The van der Waals surface area contributed by atoms with E-state index in [9.17, 15) is 9.59 Å². The highest BCUT2D eigenvalue weighted by Crippen LogP contribution is 2.37. The van der Waals surface area contributed by atoms with Gasteiger partial charge in [-0.1, -0.05) is 12.1 Å². The second-order valence-corrected chi connectivity index (χ2v) is 5.88. The number of hydrogen-bond acceptors (Lipinski definition) is 2. The molecule has 1 heterocycles. The van der Waals surface area contributed by atoms with Gasteiger partial charge < -0.3 is 10.0 Å². The largest absolute Gasteiger partial charge is 0.481 e. The Morgan fingerprint density at radius 3 is 2.63 bits per heavy atom. The van der Waals surface area contributed by atoms with Crippen LogP contribution in [-0.2, 0) is 16.0 Å². The number of carbonyl (C=O) groups excluding carboxylic acids is 1. The van der Waals surface area contributed by atoms with Gasteiger partial charge in [0.1, 0.15) is 0 Å². The second-order valence-electron chi connectivity index (χ2n) is 5.88. The summed E-state index contributed by atoms with van der Waals surface area (Å²) in [5.41, 5.74) is 2.08. The van der Waals surface area contributed by atoms with E-state index in [0.29, 0.717) is 6.42 Å². The molecule has 102 valence electrons. The van der Waals surface area contributed by atoms with Crippen molar-refractivity contribution in [2.24, 2.45) is 5.41 Å². The minimum Gasteiger partial charge on any atom is -0.481 e. The average molecular weight is 261 g/mol. The van der Waals surface area contributed by atoms with Crippen LogP contribution in [0.3, 0.4) is 0 Å². The summed E-state index contributed by atoms with van der Waals surface area (Å²) in [4.78, 5) is 24.7. The van der Waals surface area contributed by atoms with Gasteiger partial charge in [-0.25, -0.2) is 0 Å². The average Bonchev–Trinajstić information content (AvgIpc) is 2.54. The number of likely N-dealkylation sites (N-methyl/N-ethyl adjacent to an activating group) is 1. The third-order valence-electron chi connectivity index (χ3n) is 3.85. The fourth-order valence-corrected chi connectivity index (χ4v) is 2.49. The number of amides is 1. The van der Waals surface area contributed by atoms with Crippen molar-refractivity contribution in [1.82, 2.24) is 0 Å². The number of benzene rings is 1. The molecule has 0 radical (unpaired) electrons. The van der Waals surface area contributed by atoms with Gasteiger partial charge in [0.2, 0.25) is 5.91 Å². The van der Waals surface area contributed by atoms with Gasteiger partial charge in [-0.2, -0.15) is 0 Å². The summed E-state index contributed by atoms with van der Waals surface area (Å²) in [5.74, 6) is -0.869. The summed E-state index contributed by atoms with van der Waals surface area (Å²) >= 11 is 0. The van der Waals surface area contributed by atoms with Crippen molar-refractivity contribution < 1.29 is 14.7 Å². The van der Waals surface area contributed by atoms with Crippen LogP contribution in [0.25, 0.3) is 0 Å². The molecule has 0 aliphatic carbocycles. The number of rotatable bonds is 3. The van der Waals surface area contributed by atoms with Crippen LogP contribution in [0.4, 0.5) is 5.69 Å². The summed E-state index contributed by atoms with van der Waals surface area (Å²) in [5, 5.41) is 9.17. The minimum absolute atomic E-state index is 0.0876. The zero-order valence-electron chi connectivity index (χ0n) is 11.7. The van der Waals surface area contributed by atoms with E-state index < -0.39 is 11.4 Å². The maximum absolute atomic E-state index is 11.9. The molecular weight excluding hydrogens is 242 g/mol. The molecule has 1 aliphatic rings. The maximum atomic E-state index is 11.9. The Bertz CT molecular complexity index is 548. The molecule has 0 saturated heterocycles. The van der Waals surface area contributed by atoms with E-state index in [1.165, 1.54) is 0 Å². The molecule has 1 N–H and O–H groups in total. The first-order chi connectivity index (χ1) is 8.74. The lowest BCUT2D eigenvalue weighted by Gasteiger charge is -2.19. The van der Waals surface area contributed by atoms with Crippen molar-refractivity contribution in [3.05, 3.63) is 29.3 Å². The van der Waals surface area contributed by atoms with Gasteiger partial charge in [0.15, 0.2) is 0 Å². The Balaban J connectivity index is 2.34. The topological polar surface area (TPSA) is 57.6 Å². The summed E-state index contributed by atoms with van der Waals surface area (Å²) in [6, 6.07) is 5.78. The molecule has 1 aromatic rings. The Morgan fingerprint density at radius 2 is 2.05 bits per heavy atom. The number of hydrogen-bond donors (Lipinski definition) is 1. The number of aliphatic carboxylic acids is 1. The highest BCUT2D eigenvalue weighted by molar-refractivity contribution is 6.04. The normalized spacial score (nSPS) is 18.6. The molecule has 0 aromatic heterocycles. The molecule has 1 amide bonds. The first-order valence-corrected chi connectivity index (χ1v) is 6.38. The highest BCUT2D eigenvalue weighted by Gasteiger charge is 2.33. The summed E-state index contributed by atoms with van der Waals surface area (Å²) in [6.07, 6.45) is 0.459. The summed E-state index contributed by atoms with van der Waals surface area (Å²) in [7, 11) is 1.77. The van der Waals surface area contributed by atoms with Crippen molar-refractivity contribution >= 4 is 17.6 Å². The van der Waals surface area contributed by atoms with Crippen LogP contribution in [0, 0.1) is 5.41 Å². The molecule has 0 fully saturated rings. The van der Waals surface area contributed by atoms with Gasteiger partial charge in [-0.15, -0.1) is 0 Å². The minimum atomic E-state index is -0.811. The smallest absolute Gasteiger partial charge is 0.309 e. The summed E-state index contributed by atoms with van der Waals surface area (Å²) < 4.78 is 0. The number of anilines is 1. The fourth-order valence-electron chi connectivity index (χ4n) is 2.49. The van der Waals surface area contributed by atoms with Gasteiger partial charge in [0.25, 0.3) is 0 Å². The lowest BCUT2D eigenvalue weighted by atomic mass is 9.85. The lowest BCUT2D eigenvalue weighted by molar-refractivity contribution is -0.146. The molecule has 1 unspecified atom stereocenters. The Hall–Kier alpha value is -1.84. The third-order valence-corrected chi connectivity index (χ3v) is 3.85. The number of carboxylic acid groups (broad SMARTS) is 1. The standard InChI is InChI=1S/C15H19NO3/c1-9-11-7-10(8-15(2,3)14(18)19)5-6-12(11)16(4)13(9)17/h5-7,9H,8H2,1-4H3,(H,18,19). The van der Waals surface area contributed by atoms with Crippen LogP contribution in [-0.4, -0.2) is 24.0 Å². The Labute approximate surface area is 113 Å². The van der Waals surface area contributed by atoms with E-state index >= 15 is 0 Å². The summed E-state index contributed by atoms with van der Waals surface area (Å²) in [6.45, 7) is 5.31. The van der Waals surface area contributed by atoms with E-state index in [1.54, 1.807) is 25.8 Å². The van der Waals surface area contributed by atoms with Crippen LogP contribution >= 0.6 is 0 Å². The number of carbonyl (C=O) groups is 2. The predicted molar refractivity (Wildman–Crippen MR) is 73.4 cm³/mol. The van der Waals surface area contributed by atoms with E-state index in [-0.39, 0.29) is 11.8 Å². The molecule has 4 heteroatoms. The van der Waals surface area contributed by atoms with E-state index in [2.05, 4.69) is 0 Å². The molecule has 4 nitrogen and oxygen atoms in total. The van der Waals surface area contributed by atoms with Gasteiger partial charge in [-0.3, -0.25) is 9.59 Å². The number of carboxylic acids is 1. The van der Waals surface area contributed by atoms with E-state index in [1.807, 2.05) is 25.1 Å². The predicted octanol–water partition coefficient (Wildman–Crippen LogP) is 2.42. The maximum Gasteiger partial charge on any atom is 0.309 e. The van der Waals surface area contributed by atoms with Crippen LogP contribution in [0.2, 0.25) is 0 Å². The monoisotopic (exact) mass is 261 g/mol. The van der Waals surface area contributed by atoms with Crippen molar-refractivity contribution in [3.8, 4) is 0 Å². The highest BCUT2D eigenvalue weighted by atomic mass is 16.4. The van der Waals surface area contributed by atoms with Crippen LogP contribution in [0.1, 0.15) is 37.8 Å². The molecule has 0 spiro atoms. The molecule has 0 saturated carbocycles. The molecule has 1 aliphatic heterocycles. The zero-order chi connectivity index (χ0) is 14.4. The first-order valence-electron chi connectivity index (χ1n) is 6.38. The third kappa shape index (κ3) is 2.23. The quantitative estimate of drug-likeness (QED) is 0.909. The van der Waals surface area contributed by atoms with Crippen molar-refractivity contribution in [2.45, 2.75) is 33.1 Å². The van der Waals surface area contributed by atoms with Crippen molar-refractivity contribution in [3.63, 3.8) is 0 Å².